The molecule has 0 aromatic heterocycles. The summed E-state index contributed by atoms with van der Waals surface area (Å²) < 4.78 is 40.3. The average molecular weight is 335 g/mol. The molecule has 0 saturated carbocycles. The van der Waals surface area contributed by atoms with E-state index in [0.29, 0.717) is 0 Å². The number of nitro groups is 1. The van der Waals surface area contributed by atoms with E-state index in [1.807, 2.05) is 0 Å². The van der Waals surface area contributed by atoms with E-state index in [0.717, 1.165) is 12.1 Å². The molecule has 1 rings (SSSR count). The molecule has 23 heavy (non-hydrogen) atoms. The van der Waals surface area contributed by atoms with Crippen molar-refractivity contribution in [2.45, 2.75) is 6.18 Å². The van der Waals surface area contributed by atoms with Crippen molar-refractivity contribution < 1.29 is 32.4 Å². The quantitative estimate of drug-likeness (QED) is 0.463. The zero-order valence-electron chi connectivity index (χ0n) is 11.8. The summed E-state index contributed by atoms with van der Waals surface area (Å²) in [6.07, 6.45) is -4.58. The van der Waals surface area contributed by atoms with Crippen molar-refractivity contribution in [3.05, 3.63) is 33.9 Å². The molecule has 0 aliphatic heterocycles. The van der Waals surface area contributed by atoms with E-state index in [4.69, 9.17) is 0 Å². The number of rotatable bonds is 6. The first kappa shape index (κ1) is 18.2. The highest BCUT2D eigenvalue weighted by Gasteiger charge is 2.28. The van der Waals surface area contributed by atoms with Crippen LogP contribution in [0.5, 0.6) is 0 Å². The van der Waals surface area contributed by atoms with Gasteiger partial charge in [0.25, 0.3) is 11.6 Å². The van der Waals surface area contributed by atoms with Gasteiger partial charge >= 0.3 is 12.1 Å². The molecule has 11 heteroatoms. The van der Waals surface area contributed by atoms with E-state index in [2.05, 4.69) is 10.1 Å². The molecule has 2 N–H and O–H groups in total. The van der Waals surface area contributed by atoms with E-state index >= 15 is 0 Å². The highest BCUT2D eigenvalue weighted by Crippen LogP contribution is 2.22. The minimum Gasteiger partial charge on any atom is -0.452 e. The number of ether oxygens (including phenoxy) is 1. The van der Waals surface area contributed by atoms with Gasteiger partial charge in [-0.1, -0.05) is 0 Å². The van der Waals surface area contributed by atoms with E-state index in [-0.39, 0.29) is 16.9 Å². The Morgan fingerprint density at radius 3 is 2.52 bits per heavy atom. The largest absolute Gasteiger partial charge is 0.452 e. The molecule has 0 atom stereocenters. The summed E-state index contributed by atoms with van der Waals surface area (Å²) in [5.41, 5.74) is -0.390. The number of halogens is 3. The van der Waals surface area contributed by atoms with Gasteiger partial charge in [0.2, 0.25) is 0 Å². The molecule has 0 aliphatic rings. The number of esters is 1. The predicted octanol–water partition coefficient (Wildman–Crippen LogP) is 1.47. The molecule has 0 radical (unpaired) electrons. The molecule has 126 valence electrons. The number of benzene rings is 1. The average Bonchev–Trinajstić information content (AvgIpc) is 2.49. The number of hydrogen-bond donors (Lipinski definition) is 2. The van der Waals surface area contributed by atoms with Crippen LogP contribution in [-0.2, 0) is 9.53 Å². The van der Waals surface area contributed by atoms with Crippen molar-refractivity contribution in [3.63, 3.8) is 0 Å². The normalized spacial score (nSPS) is 10.8. The SMILES string of the molecule is CNc1ccc([N+](=O)[O-])cc1C(=O)OCC(=O)NCC(F)(F)F. The number of nitro benzene ring substituents is 1. The van der Waals surface area contributed by atoms with Crippen LogP contribution in [0.3, 0.4) is 0 Å². The van der Waals surface area contributed by atoms with Crippen molar-refractivity contribution in [2.24, 2.45) is 0 Å². The van der Waals surface area contributed by atoms with Crippen LogP contribution in [0.2, 0.25) is 0 Å². The van der Waals surface area contributed by atoms with Crippen LogP contribution in [0.1, 0.15) is 10.4 Å². The summed E-state index contributed by atoms with van der Waals surface area (Å²) in [5.74, 6) is -2.23. The standard InChI is InChI=1S/C12H12F3N3O5/c1-16-9-3-2-7(18(21)22)4-8(9)11(20)23-5-10(19)17-6-12(13,14)15/h2-4,16H,5-6H2,1H3,(H,17,19). The van der Waals surface area contributed by atoms with E-state index < -0.39 is 36.1 Å². The molecule has 0 saturated heterocycles. The Morgan fingerprint density at radius 1 is 1.35 bits per heavy atom. The van der Waals surface area contributed by atoms with Crippen LogP contribution >= 0.6 is 0 Å². The summed E-state index contributed by atoms with van der Waals surface area (Å²) in [4.78, 5) is 32.9. The van der Waals surface area contributed by atoms with Crippen molar-refractivity contribution in [3.8, 4) is 0 Å². The van der Waals surface area contributed by atoms with Gasteiger partial charge in [0, 0.05) is 24.9 Å². The molecule has 8 nitrogen and oxygen atoms in total. The maximum Gasteiger partial charge on any atom is 0.405 e. The predicted molar refractivity (Wildman–Crippen MR) is 72.0 cm³/mol. The zero-order valence-corrected chi connectivity index (χ0v) is 11.8. The lowest BCUT2D eigenvalue weighted by Crippen LogP contribution is -2.36. The first-order valence-electron chi connectivity index (χ1n) is 6.11. The molecule has 1 aromatic carbocycles. The molecular weight excluding hydrogens is 323 g/mol. The Balaban J connectivity index is 2.72. The van der Waals surface area contributed by atoms with E-state index in [9.17, 15) is 32.9 Å². The van der Waals surface area contributed by atoms with Gasteiger partial charge < -0.3 is 15.4 Å². The smallest absolute Gasteiger partial charge is 0.405 e. The molecule has 0 fully saturated rings. The maximum absolute atomic E-state index is 11.9. The van der Waals surface area contributed by atoms with Gasteiger partial charge in [-0.25, -0.2) is 4.79 Å². The zero-order chi connectivity index (χ0) is 17.6. The Kier molecular flexibility index (Phi) is 5.87. The van der Waals surface area contributed by atoms with E-state index in [1.54, 1.807) is 0 Å². The molecule has 0 aliphatic carbocycles. The second-order valence-corrected chi connectivity index (χ2v) is 4.21. The fourth-order valence-electron chi connectivity index (χ4n) is 1.49. The Labute approximate surface area is 127 Å². The number of nitrogens with zero attached hydrogens (tertiary/aromatic N) is 1. The first-order valence-corrected chi connectivity index (χ1v) is 6.11. The summed E-state index contributed by atoms with van der Waals surface area (Å²) in [5, 5.41) is 14.8. The van der Waals surface area contributed by atoms with Crippen LogP contribution in [-0.4, -0.2) is 43.2 Å². The molecule has 1 aromatic rings. The number of amides is 1. The van der Waals surface area contributed by atoms with Gasteiger partial charge in [0.1, 0.15) is 6.54 Å². The first-order chi connectivity index (χ1) is 10.6. The van der Waals surface area contributed by atoms with Crippen molar-refractivity contribution in [1.29, 1.82) is 0 Å². The van der Waals surface area contributed by atoms with Gasteiger partial charge in [0.05, 0.1) is 10.5 Å². The fourth-order valence-corrected chi connectivity index (χ4v) is 1.49. The third-order valence-corrected chi connectivity index (χ3v) is 2.52. The van der Waals surface area contributed by atoms with Crippen molar-refractivity contribution in [2.75, 3.05) is 25.5 Å². The van der Waals surface area contributed by atoms with Gasteiger partial charge in [-0.2, -0.15) is 13.2 Å². The van der Waals surface area contributed by atoms with Crippen molar-refractivity contribution >= 4 is 23.3 Å². The summed E-state index contributed by atoms with van der Waals surface area (Å²) in [7, 11) is 1.45. The summed E-state index contributed by atoms with van der Waals surface area (Å²) in [6.45, 7) is -2.50. The lowest BCUT2D eigenvalue weighted by atomic mass is 10.1. The van der Waals surface area contributed by atoms with Crippen LogP contribution in [0, 0.1) is 10.1 Å². The highest BCUT2D eigenvalue weighted by molar-refractivity contribution is 5.97. The molecule has 0 spiro atoms. The Morgan fingerprint density at radius 2 is 2.00 bits per heavy atom. The third-order valence-electron chi connectivity index (χ3n) is 2.52. The van der Waals surface area contributed by atoms with Crippen LogP contribution < -0.4 is 10.6 Å². The second-order valence-electron chi connectivity index (χ2n) is 4.21. The van der Waals surface area contributed by atoms with Gasteiger partial charge in [-0.05, 0) is 6.07 Å². The fraction of sp³-hybridized carbons (Fsp3) is 0.333. The van der Waals surface area contributed by atoms with Crippen LogP contribution in [0.25, 0.3) is 0 Å². The monoisotopic (exact) mass is 335 g/mol. The van der Waals surface area contributed by atoms with Crippen LogP contribution in [0.15, 0.2) is 18.2 Å². The number of non-ortho nitro benzene ring substituents is 1. The topological polar surface area (TPSA) is 111 Å². The number of carbonyl (C=O) groups excluding carboxylic acids is 2. The molecule has 0 bridgehead atoms. The number of anilines is 1. The number of hydrogen-bond acceptors (Lipinski definition) is 6. The summed E-state index contributed by atoms with van der Waals surface area (Å²) in [6, 6.07) is 3.35. The number of carbonyl (C=O) groups is 2. The van der Waals surface area contributed by atoms with Gasteiger partial charge in [0.15, 0.2) is 6.61 Å². The van der Waals surface area contributed by atoms with Crippen molar-refractivity contribution in [1.82, 2.24) is 5.32 Å². The molecule has 0 heterocycles. The van der Waals surface area contributed by atoms with Crippen LogP contribution in [0.4, 0.5) is 24.5 Å². The Hall–Kier alpha value is -2.85. The van der Waals surface area contributed by atoms with Gasteiger partial charge in [-0.15, -0.1) is 0 Å². The summed E-state index contributed by atoms with van der Waals surface area (Å²) >= 11 is 0. The van der Waals surface area contributed by atoms with Gasteiger partial charge in [-0.3, -0.25) is 14.9 Å². The highest BCUT2D eigenvalue weighted by atomic mass is 19.4. The number of nitrogens with one attached hydrogen (secondary N) is 2. The maximum atomic E-state index is 11.9. The third kappa shape index (κ3) is 5.80. The minimum absolute atomic E-state index is 0.205. The minimum atomic E-state index is -4.58. The lowest BCUT2D eigenvalue weighted by Gasteiger charge is -2.10. The molecule has 1 amide bonds. The lowest BCUT2D eigenvalue weighted by molar-refractivity contribution is -0.384. The Bertz CT molecular complexity index is 618. The second kappa shape index (κ2) is 7.42. The number of alkyl halides is 3. The molecular formula is C12H12F3N3O5. The van der Waals surface area contributed by atoms with E-state index in [1.165, 1.54) is 18.4 Å². The molecule has 0 unspecified atom stereocenters.